The fraction of sp³-hybridized carbons (Fsp3) is 0.513. The van der Waals surface area contributed by atoms with E-state index in [-0.39, 0.29) is 0 Å². The highest BCUT2D eigenvalue weighted by Crippen LogP contribution is 2.43. The van der Waals surface area contributed by atoms with Crippen LogP contribution in [-0.4, -0.2) is 21.2 Å². The van der Waals surface area contributed by atoms with Gasteiger partial charge >= 0.3 is 0 Å². The molecule has 0 amide bonds. The van der Waals surface area contributed by atoms with Gasteiger partial charge < -0.3 is 0 Å². The van der Waals surface area contributed by atoms with Crippen molar-refractivity contribution < 1.29 is 0 Å². The number of thioether (sulfide) groups is 1. The molecule has 121 heavy (non-hydrogen) atoms. The number of allylic oxidation sites excluding steroid dienone is 3. The molecule has 0 radical (unpaired) electrons. The van der Waals surface area contributed by atoms with Crippen molar-refractivity contribution in [1.29, 1.82) is 0 Å². The topological polar surface area (TPSA) is 16.1 Å². The molecule has 4 heterocycles. The summed E-state index contributed by atoms with van der Waals surface area (Å²) < 4.78 is 0. The van der Waals surface area contributed by atoms with Gasteiger partial charge in [0.05, 0.1) is 0 Å². The monoisotopic (exact) mass is 1680 g/mol. The van der Waals surface area contributed by atoms with E-state index in [0.717, 1.165) is 66.2 Å². The van der Waals surface area contributed by atoms with Crippen molar-refractivity contribution in [1.82, 2.24) is 9.88 Å². The van der Waals surface area contributed by atoms with Crippen LogP contribution in [-0.2, 0) is 76.6 Å². The van der Waals surface area contributed by atoms with E-state index in [2.05, 4.69) is 422 Å². The standard InChI is InChI=1S/C16H24.C15H23N.C15H22S.C15H22.C15H20.C14H21N.C13H18S.7C2H4/c1-11(2)14-9-8-13-6-5-7-15(12(3)4)16(13)10-14;1-10(2)12-5-6-15-14(9-12)13(11(3)4)7-8-16-15;1-10(2)13-7-5-6-12-9-16-15(11(3)4)8-14(12)13;1-10(2)13-8-12-6-5-7-14(11(3)4)15(12)9-13;1-10(2)13-7-5-6-12-8-9-14(11(3)4)15(12)13;1-10(2)13-7-5-6-12-8-15(11(3)4)9-14(12)13;1-8(2)10-5-11-7-14-13(9(3)4)12(11)6-10;7*1-2/h5-7,11-12,14H,8-10H2,1-4H3;7-8,10-12H,5-6,9H2,1-4H3;5-7,10-11,15H,8-9H2,1-4H3;5-7,10-11,13H,8-9H2,1-4H3;5-7,9-11H,8H2,1-4H3;5-7,10-11H,8-9H2,1-4H3;6-9H,5H2,1-4H3;7*1-2H2. The number of nitrogens with zero attached hydrogens (tertiary/aromatic N) is 2. The zero-order chi connectivity index (χ0) is 92.4. The molecule has 0 saturated heterocycles. The van der Waals surface area contributed by atoms with E-state index in [1.165, 1.54) is 109 Å². The molecular weight excluding hydrogens is 1500 g/mol. The molecule has 14 rings (SSSR count). The highest BCUT2D eigenvalue weighted by molar-refractivity contribution is 7.99. The van der Waals surface area contributed by atoms with Crippen molar-refractivity contribution in [2.24, 2.45) is 53.3 Å². The lowest BCUT2D eigenvalue weighted by Crippen LogP contribution is -2.24. The zero-order valence-corrected chi connectivity index (χ0v) is 84.6. The molecule has 0 N–H and O–H groups in total. The number of benzene rings is 5. The Morgan fingerprint density at radius 2 is 0.769 bits per heavy atom. The number of thiophene rings is 1. The van der Waals surface area contributed by atoms with Crippen molar-refractivity contribution in [3.8, 4) is 0 Å². The van der Waals surface area contributed by atoms with Crippen molar-refractivity contribution in [3.63, 3.8) is 0 Å². The number of fused-ring (bicyclic) bond motifs is 7. The number of aryl methyl sites for hydroxylation is 2. The van der Waals surface area contributed by atoms with Gasteiger partial charge in [0.2, 0.25) is 0 Å². The van der Waals surface area contributed by atoms with Crippen LogP contribution in [0.5, 0.6) is 0 Å². The average molecular weight is 1680 g/mol. The summed E-state index contributed by atoms with van der Waals surface area (Å²) in [5.74, 6) is 13.0. The maximum atomic E-state index is 4.56. The lowest BCUT2D eigenvalue weighted by molar-refractivity contribution is 0.227. The number of hydrogen-bond acceptors (Lipinski definition) is 4. The molecule has 0 bridgehead atoms. The third-order valence-electron chi connectivity index (χ3n) is 25.0. The van der Waals surface area contributed by atoms with Gasteiger partial charge in [-0.2, -0.15) is 11.8 Å². The van der Waals surface area contributed by atoms with E-state index in [9.17, 15) is 0 Å². The molecule has 668 valence electrons. The highest BCUT2D eigenvalue weighted by atomic mass is 32.2. The zero-order valence-electron chi connectivity index (χ0n) is 82.9. The molecule has 5 aromatic carbocycles. The van der Waals surface area contributed by atoms with E-state index in [1.54, 1.807) is 88.3 Å². The minimum atomic E-state index is 0.625. The molecule has 2 nitrogen and oxygen atoms in total. The Morgan fingerprint density at radius 1 is 0.355 bits per heavy atom. The minimum Gasteiger partial charge on any atom is -0.292 e. The second kappa shape index (κ2) is 58.2. The Kier molecular flexibility index (Phi) is 53.8. The molecule has 4 unspecified atom stereocenters. The quantitative estimate of drug-likeness (QED) is 0.101. The summed E-state index contributed by atoms with van der Waals surface area (Å²) >= 11 is 4.06. The number of rotatable bonds is 14. The Bertz CT molecular complexity index is 3880. The Hall–Kier alpha value is -7.08. The van der Waals surface area contributed by atoms with Crippen molar-refractivity contribution >= 4 is 34.7 Å². The van der Waals surface area contributed by atoms with Gasteiger partial charge in [-0.3, -0.25) is 9.88 Å². The molecular formula is C117H178N2S2. The van der Waals surface area contributed by atoms with Gasteiger partial charge in [0.15, 0.2) is 0 Å². The van der Waals surface area contributed by atoms with Crippen LogP contribution < -0.4 is 0 Å². The molecule has 4 atom stereocenters. The first-order chi connectivity index (χ1) is 57.7. The Balaban J connectivity index is 0.000000688. The van der Waals surface area contributed by atoms with E-state index in [0.29, 0.717) is 59.3 Å². The number of hydrogen-bond donors (Lipinski definition) is 0. The van der Waals surface area contributed by atoms with E-state index < -0.39 is 0 Å². The summed E-state index contributed by atoms with van der Waals surface area (Å²) in [6.07, 6.45) is 20.7. The van der Waals surface area contributed by atoms with Gasteiger partial charge in [0, 0.05) is 46.9 Å². The Labute approximate surface area is 757 Å². The van der Waals surface area contributed by atoms with Gasteiger partial charge in [-0.1, -0.05) is 289 Å². The van der Waals surface area contributed by atoms with Crippen LogP contribution in [0, 0.1) is 53.3 Å². The van der Waals surface area contributed by atoms with E-state index in [4.69, 9.17) is 0 Å². The van der Waals surface area contributed by atoms with Gasteiger partial charge in [-0.15, -0.1) is 103 Å². The van der Waals surface area contributed by atoms with Crippen LogP contribution in [0.1, 0.15) is 364 Å². The smallest absolute Gasteiger partial charge is 0.0438 e. The summed E-state index contributed by atoms with van der Waals surface area (Å²) in [6, 6.07) is 37.0. The van der Waals surface area contributed by atoms with E-state index >= 15 is 0 Å². The molecule has 0 fully saturated rings. The third kappa shape index (κ3) is 32.8. The number of pyridine rings is 1. The van der Waals surface area contributed by atoms with Crippen LogP contribution in [0.4, 0.5) is 0 Å². The fourth-order valence-corrected chi connectivity index (χ4v) is 20.2. The average Bonchev–Trinajstić information content (AvgIpc) is 1.80. The van der Waals surface area contributed by atoms with Crippen LogP contribution in [0.15, 0.2) is 212 Å². The SMILES string of the molecule is C=C.C=C.C=C.C=C.C=C.C=C.C=C.CC(C)C1=CCc2cccc(C(C)C)c21.CC(C)C1=Cc2c(csc2C(C)C)C1.CC(C)c1cccc2c1CC(C(C)C)C2.CC(C)c1cccc2c1CC(C(C)C)CC2.CC(C)c1cccc2c1CC(C(C)C)SC2.CC(C)c1cccc2c1CN(C(C)C)C2.CC(C)c1ccnc2c1CC(C(C)C)CC2. The van der Waals surface area contributed by atoms with Gasteiger partial charge in [-0.05, 0) is 302 Å². The molecule has 2 aromatic heterocycles. The van der Waals surface area contributed by atoms with Gasteiger partial charge in [-0.25, -0.2) is 0 Å². The minimum absolute atomic E-state index is 0.625. The molecule has 2 aliphatic heterocycles. The van der Waals surface area contributed by atoms with E-state index in [1.807, 2.05) is 17.5 Å². The van der Waals surface area contributed by atoms with Crippen molar-refractivity contribution in [2.45, 2.75) is 336 Å². The summed E-state index contributed by atoms with van der Waals surface area (Å²) in [5.41, 5.74) is 34.4. The highest BCUT2D eigenvalue weighted by Gasteiger charge is 2.31. The second-order valence-electron chi connectivity index (χ2n) is 37.5. The molecule has 7 aliphatic rings. The maximum Gasteiger partial charge on any atom is 0.0438 e. The van der Waals surface area contributed by atoms with Crippen LogP contribution >= 0.6 is 23.1 Å². The summed E-state index contributed by atoms with van der Waals surface area (Å²) in [5, 5.41) is 3.16. The lowest BCUT2D eigenvalue weighted by Gasteiger charge is -2.30. The maximum absolute atomic E-state index is 4.56. The van der Waals surface area contributed by atoms with Gasteiger partial charge in [0.25, 0.3) is 0 Å². The largest absolute Gasteiger partial charge is 0.292 e. The summed E-state index contributed by atoms with van der Waals surface area (Å²) in [4.78, 5) is 8.66. The number of aromatic nitrogens is 1. The van der Waals surface area contributed by atoms with Crippen molar-refractivity contribution in [2.75, 3.05) is 0 Å². The fourth-order valence-electron chi connectivity index (χ4n) is 17.8. The first kappa shape index (κ1) is 112. The van der Waals surface area contributed by atoms with Crippen LogP contribution in [0.2, 0.25) is 0 Å². The predicted octanol–water partition coefficient (Wildman–Crippen LogP) is 35.4. The summed E-state index contributed by atoms with van der Waals surface area (Å²) in [7, 11) is 0. The van der Waals surface area contributed by atoms with Crippen molar-refractivity contribution in [3.05, 3.63) is 329 Å². The lowest BCUT2D eigenvalue weighted by atomic mass is 9.75. The first-order valence-corrected chi connectivity index (χ1v) is 48.5. The Morgan fingerprint density at radius 3 is 1.22 bits per heavy atom. The third-order valence-corrected chi connectivity index (χ3v) is 28.0. The molecule has 4 heteroatoms. The van der Waals surface area contributed by atoms with Gasteiger partial charge in [0.1, 0.15) is 0 Å². The van der Waals surface area contributed by atoms with Crippen LogP contribution in [0.3, 0.4) is 0 Å². The normalized spacial score (nSPS) is 16.3. The molecule has 0 saturated carbocycles. The predicted molar refractivity (Wildman–Crippen MR) is 556 cm³/mol. The second-order valence-corrected chi connectivity index (χ2v) is 39.7. The summed E-state index contributed by atoms with van der Waals surface area (Å²) in [6.45, 7) is 109. The molecule has 5 aliphatic carbocycles. The molecule has 7 aromatic rings. The molecule has 0 spiro atoms. The first-order valence-electron chi connectivity index (χ1n) is 46.5. The van der Waals surface area contributed by atoms with Crippen LogP contribution in [0.25, 0.3) is 11.6 Å².